The van der Waals surface area contributed by atoms with Gasteiger partial charge in [-0.1, -0.05) is 11.6 Å². The molecule has 1 fully saturated rings. The van der Waals surface area contributed by atoms with E-state index in [1.54, 1.807) is 20.8 Å². The molecule has 0 radical (unpaired) electrons. The minimum absolute atomic E-state index is 0.117. The molecule has 3 atom stereocenters. The Morgan fingerprint density at radius 2 is 2.23 bits per heavy atom. The van der Waals surface area contributed by atoms with Gasteiger partial charge in [0.1, 0.15) is 29.0 Å². The van der Waals surface area contributed by atoms with E-state index in [0.717, 1.165) is 0 Å². The summed E-state index contributed by atoms with van der Waals surface area (Å²) < 4.78 is 19.8. The summed E-state index contributed by atoms with van der Waals surface area (Å²) in [6.45, 7) is 5.29. The second-order valence-electron chi connectivity index (χ2n) is 7.24. The molecule has 0 aliphatic heterocycles. The Morgan fingerprint density at radius 1 is 1.58 bits per heavy atom. The molecule has 1 aliphatic rings. The second-order valence-corrected chi connectivity index (χ2v) is 7.63. The standard InChI is InChI=1S/C16H21ClFN5O3/c1-16(2,3)26-15(25)22(4)12-6-11(17)21-13-8(7-19-23(12)13)14(24)20-10-5-9(10)18/h6-7,9-10,14,20,24H,5H2,1-4H3/t9-,10+,14?/m0/s1. The van der Waals surface area contributed by atoms with Crippen LogP contribution in [0.2, 0.25) is 5.15 Å². The van der Waals surface area contributed by atoms with Gasteiger partial charge in [0.2, 0.25) is 0 Å². The first-order valence-electron chi connectivity index (χ1n) is 8.16. The molecule has 1 aliphatic carbocycles. The van der Waals surface area contributed by atoms with Gasteiger partial charge in [0.15, 0.2) is 5.65 Å². The van der Waals surface area contributed by atoms with Gasteiger partial charge in [0, 0.05) is 19.2 Å². The van der Waals surface area contributed by atoms with Gasteiger partial charge >= 0.3 is 6.09 Å². The van der Waals surface area contributed by atoms with Crippen LogP contribution in [0.4, 0.5) is 15.0 Å². The van der Waals surface area contributed by atoms with Gasteiger partial charge in [-0.15, -0.1) is 0 Å². The lowest BCUT2D eigenvalue weighted by Crippen LogP contribution is -2.35. The molecule has 0 spiro atoms. The number of rotatable bonds is 4. The number of fused-ring (bicyclic) bond motifs is 1. The molecule has 1 saturated carbocycles. The molecule has 0 bridgehead atoms. The first kappa shape index (κ1) is 18.8. The smallest absolute Gasteiger partial charge is 0.415 e. The maximum absolute atomic E-state index is 13.1. The summed E-state index contributed by atoms with van der Waals surface area (Å²) in [5.74, 6) is 0.322. The second kappa shape index (κ2) is 6.64. The Balaban J connectivity index is 1.93. The highest BCUT2D eigenvalue weighted by atomic mass is 35.5. The Morgan fingerprint density at radius 3 is 2.81 bits per heavy atom. The number of carbonyl (C=O) groups excluding carboxylic acids is 1. The molecule has 0 aromatic carbocycles. The first-order chi connectivity index (χ1) is 12.1. The highest BCUT2D eigenvalue weighted by Gasteiger charge is 2.39. The van der Waals surface area contributed by atoms with E-state index in [9.17, 15) is 14.3 Å². The third kappa shape index (κ3) is 3.89. The normalized spacial score (nSPS) is 20.9. The van der Waals surface area contributed by atoms with Crippen molar-refractivity contribution in [3.8, 4) is 0 Å². The number of halogens is 2. The predicted molar refractivity (Wildman–Crippen MR) is 94.0 cm³/mol. The van der Waals surface area contributed by atoms with Crippen molar-refractivity contribution in [3.05, 3.63) is 23.0 Å². The number of nitrogens with zero attached hydrogens (tertiary/aromatic N) is 4. The van der Waals surface area contributed by atoms with Crippen molar-refractivity contribution in [1.29, 1.82) is 0 Å². The molecule has 8 nitrogen and oxygen atoms in total. The topological polar surface area (TPSA) is 92.0 Å². The highest BCUT2D eigenvalue weighted by molar-refractivity contribution is 6.29. The zero-order valence-corrected chi connectivity index (χ0v) is 15.7. The molecule has 2 heterocycles. The Kier molecular flexibility index (Phi) is 4.80. The van der Waals surface area contributed by atoms with E-state index in [4.69, 9.17) is 16.3 Å². The molecule has 1 amide bonds. The van der Waals surface area contributed by atoms with E-state index in [1.165, 1.54) is 28.7 Å². The van der Waals surface area contributed by atoms with Crippen molar-refractivity contribution < 1.29 is 19.0 Å². The van der Waals surface area contributed by atoms with Crippen LogP contribution in [0.3, 0.4) is 0 Å². The molecule has 142 valence electrons. The number of aromatic nitrogens is 3. The van der Waals surface area contributed by atoms with Crippen molar-refractivity contribution in [3.63, 3.8) is 0 Å². The number of hydrogen-bond acceptors (Lipinski definition) is 6. The number of alkyl halides is 1. The van der Waals surface area contributed by atoms with Crippen LogP contribution < -0.4 is 10.2 Å². The fourth-order valence-corrected chi connectivity index (χ4v) is 2.60. The average Bonchev–Trinajstić information content (AvgIpc) is 3.04. The molecule has 26 heavy (non-hydrogen) atoms. The molecular formula is C16H21ClFN5O3. The van der Waals surface area contributed by atoms with Crippen LogP contribution in [0, 0.1) is 0 Å². The molecule has 2 aromatic heterocycles. The molecule has 1 unspecified atom stereocenters. The Bertz CT molecular complexity index is 837. The van der Waals surface area contributed by atoms with Crippen molar-refractivity contribution in [2.75, 3.05) is 11.9 Å². The number of aliphatic hydroxyl groups is 1. The molecule has 2 N–H and O–H groups in total. The van der Waals surface area contributed by atoms with Crippen molar-refractivity contribution in [2.24, 2.45) is 0 Å². The van der Waals surface area contributed by atoms with E-state index in [1.807, 2.05) is 0 Å². The molecule has 10 heteroatoms. The van der Waals surface area contributed by atoms with Crippen LogP contribution in [0.15, 0.2) is 12.3 Å². The number of carbonyl (C=O) groups is 1. The Hall–Kier alpha value is -1.97. The molecule has 3 rings (SSSR count). The first-order valence-corrected chi connectivity index (χ1v) is 8.53. The highest BCUT2D eigenvalue weighted by Crippen LogP contribution is 2.30. The lowest BCUT2D eigenvalue weighted by atomic mass is 10.2. The van der Waals surface area contributed by atoms with E-state index < -0.39 is 24.1 Å². The summed E-state index contributed by atoms with van der Waals surface area (Å²) >= 11 is 6.09. The van der Waals surface area contributed by atoms with Gasteiger partial charge in [-0.25, -0.2) is 14.2 Å². The Labute approximate surface area is 154 Å². The molecule has 0 saturated heterocycles. The van der Waals surface area contributed by atoms with Crippen LogP contribution in [0.25, 0.3) is 5.65 Å². The fourth-order valence-electron chi connectivity index (χ4n) is 2.42. The number of nitrogens with one attached hydrogen (secondary N) is 1. The summed E-state index contributed by atoms with van der Waals surface area (Å²) in [5, 5.41) is 17.4. The number of ether oxygens (including phenoxy) is 1. The van der Waals surface area contributed by atoms with Gasteiger partial charge in [0.05, 0.1) is 11.8 Å². The summed E-state index contributed by atoms with van der Waals surface area (Å²) in [5.41, 5.74) is -0.0616. The van der Waals surface area contributed by atoms with E-state index in [2.05, 4.69) is 15.4 Å². The zero-order valence-electron chi connectivity index (χ0n) is 14.9. The van der Waals surface area contributed by atoms with Gasteiger partial charge in [-0.05, 0) is 27.2 Å². The fraction of sp³-hybridized carbons (Fsp3) is 0.562. The zero-order chi connectivity index (χ0) is 19.2. The molecule has 2 aromatic rings. The largest absolute Gasteiger partial charge is 0.443 e. The maximum atomic E-state index is 13.1. The minimum atomic E-state index is -1.15. The number of aliphatic hydroxyl groups excluding tert-OH is 1. The lowest BCUT2D eigenvalue weighted by Gasteiger charge is -2.24. The summed E-state index contributed by atoms with van der Waals surface area (Å²) in [7, 11) is 1.52. The van der Waals surface area contributed by atoms with E-state index in [0.29, 0.717) is 17.8 Å². The van der Waals surface area contributed by atoms with E-state index in [-0.39, 0.29) is 16.8 Å². The molecular weight excluding hydrogens is 365 g/mol. The van der Waals surface area contributed by atoms with Crippen molar-refractivity contribution in [2.45, 2.75) is 51.2 Å². The minimum Gasteiger partial charge on any atom is -0.443 e. The van der Waals surface area contributed by atoms with Gasteiger partial charge in [0.25, 0.3) is 0 Å². The van der Waals surface area contributed by atoms with Crippen LogP contribution in [0.1, 0.15) is 39.0 Å². The third-order valence-corrected chi connectivity index (χ3v) is 4.03. The van der Waals surface area contributed by atoms with Crippen LogP contribution in [-0.2, 0) is 4.74 Å². The van der Waals surface area contributed by atoms with Gasteiger partial charge < -0.3 is 9.84 Å². The maximum Gasteiger partial charge on any atom is 0.415 e. The van der Waals surface area contributed by atoms with Crippen molar-refractivity contribution >= 4 is 29.2 Å². The monoisotopic (exact) mass is 385 g/mol. The average molecular weight is 386 g/mol. The van der Waals surface area contributed by atoms with Crippen LogP contribution in [0.5, 0.6) is 0 Å². The number of amides is 1. The van der Waals surface area contributed by atoms with Crippen LogP contribution in [-0.4, -0.2) is 50.7 Å². The van der Waals surface area contributed by atoms with Gasteiger partial charge in [-0.2, -0.15) is 9.61 Å². The summed E-state index contributed by atoms with van der Waals surface area (Å²) in [6, 6.07) is 1.08. The summed E-state index contributed by atoms with van der Waals surface area (Å²) in [6.07, 6.45) is -0.939. The summed E-state index contributed by atoms with van der Waals surface area (Å²) in [4.78, 5) is 17.8. The van der Waals surface area contributed by atoms with E-state index >= 15 is 0 Å². The lowest BCUT2D eigenvalue weighted by molar-refractivity contribution is 0.0587. The number of hydrogen-bond donors (Lipinski definition) is 2. The van der Waals surface area contributed by atoms with Crippen LogP contribution >= 0.6 is 11.6 Å². The SMILES string of the molecule is CN(C(=O)OC(C)(C)C)c1cc(Cl)nc2c(C(O)N[C@@H]3C[C@@H]3F)cnn12. The third-order valence-electron chi connectivity index (χ3n) is 3.84. The van der Waals surface area contributed by atoms with Crippen molar-refractivity contribution in [1.82, 2.24) is 19.9 Å². The van der Waals surface area contributed by atoms with Gasteiger partial charge in [-0.3, -0.25) is 10.2 Å². The quantitative estimate of drug-likeness (QED) is 0.620. The predicted octanol–water partition coefficient (Wildman–Crippen LogP) is 2.44. The number of anilines is 1.